The fourth-order valence-corrected chi connectivity index (χ4v) is 7.40. The molecule has 0 nitrogen and oxygen atoms in total. The fourth-order valence-electron chi connectivity index (χ4n) is 2.53. The standard InChI is InChI=1S/C9H13.C5H5.C4H10Ge.2ClH.Zr/c1-6-5-7(2)9(4)8(6)3;1-2-4-5-3-1;1-3-5-4-2;;;/h6H,1-4H3;1-3H,4H2;3-4H2,1-2H3;2*1H;/q;;;;;+2/p-2. The summed E-state index contributed by atoms with van der Waals surface area (Å²) in [6.45, 7) is 13.8. The van der Waals surface area contributed by atoms with E-state index in [1.54, 1.807) is 20.0 Å². The summed E-state index contributed by atoms with van der Waals surface area (Å²) >= 11 is 0.0714. The quantitative estimate of drug-likeness (QED) is 0.489. The van der Waals surface area contributed by atoms with Crippen molar-refractivity contribution in [2.24, 2.45) is 5.92 Å². The van der Waals surface area contributed by atoms with Crippen molar-refractivity contribution in [2.75, 3.05) is 0 Å². The molecule has 0 aliphatic heterocycles. The van der Waals surface area contributed by atoms with E-state index in [1.807, 2.05) is 3.28 Å². The van der Waals surface area contributed by atoms with Gasteiger partial charge in [-0.3, -0.25) is 0 Å². The van der Waals surface area contributed by atoms with E-state index in [1.165, 1.54) is 16.9 Å². The van der Waals surface area contributed by atoms with Gasteiger partial charge in [-0.25, -0.2) is 0 Å². The van der Waals surface area contributed by atoms with Crippen LogP contribution in [0.4, 0.5) is 0 Å². The van der Waals surface area contributed by atoms with Gasteiger partial charge in [-0.15, -0.1) is 0 Å². The predicted octanol–water partition coefficient (Wildman–Crippen LogP) is -0.252. The van der Waals surface area contributed by atoms with Gasteiger partial charge in [-0.1, -0.05) is 0 Å². The molecule has 0 saturated carbocycles. The molecule has 1 unspecified atom stereocenters. The molecule has 2 radical (unpaired) electrons. The maximum Gasteiger partial charge on any atom is -1.00 e. The average molecular weight is 479 g/mol. The van der Waals surface area contributed by atoms with Gasteiger partial charge in [0, 0.05) is 0 Å². The van der Waals surface area contributed by atoms with Crippen LogP contribution in [0.5, 0.6) is 0 Å². The molecule has 0 heterocycles. The van der Waals surface area contributed by atoms with E-state index < -0.39 is 23.2 Å². The molecule has 2 rings (SSSR count). The molecule has 0 aromatic heterocycles. The zero-order chi connectivity index (χ0) is 15.1. The normalized spacial score (nSPS) is 19.0. The molecule has 0 aromatic rings. The molecular formula is C18H28Cl2GeZr. The molecule has 2 aliphatic rings. The van der Waals surface area contributed by atoms with Crippen LogP contribution >= 0.6 is 0 Å². The monoisotopic (exact) mass is 478 g/mol. The van der Waals surface area contributed by atoms with Crippen molar-refractivity contribution in [3.8, 4) is 0 Å². The van der Waals surface area contributed by atoms with E-state index in [-0.39, 0.29) is 24.8 Å². The van der Waals surface area contributed by atoms with E-state index in [2.05, 4.69) is 59.8 Å². The molecule has 0 saturated heterocycles. The summed E-state index contributed by atoms with van der Waals surface area (Å²) in [5.74, 6) is 0.734. The predicted molar refractivity (Wildman–Crippen MR) is 88.8 cm³/mol. The maximum atomic E-state index is 2.38. The second-order valence-corrected chi connectivity index (χ2v) is 13.0. The van der Waals surface area contributed by atoms with Crippen molar-refractivity contribution < 1.29 is 48.0 Å². The van der Waals surface area contributed by atoms with Crippen LogP contribution in [0.15, 0.2) is 41.5 Å². The fraction of sp³-hybridized carbons (Fsp3) is 0.556. The van der Waals surface area contributed by atoms with Gasteiger partial charge in [-0.05, 0) is 0 Å². The van der Waals surface area contributed by atoms with Gasteiger partial charge in [0.2, 0.25) is 0 Å². The molecule has 22 heavy (non-hydrogen) atoms. The smallest absolute Gasteiger partial charge is 1.00 e. The summed E-state index contributed by atoms with van der Waals surface area (Å²) in [4.78, 5) is 0. The van der Waals surface area contributed by atoms with Crippen molar-refractivity contribution in [3.05, 3.63) is 41.5 Å². The molecule has 1 atom stereocenters. The number of halogens is 2. The molecule has 122 valence electrons. The molecule has 0 bridgehead atoms. The van der Waals surface area contributed by atoms with Gasteiger partial charge >= 0.3 is 145 Å². The van der Waals surface area contributed by atoms with Crippen LogP contribution < -0.4 is 24.8 Å². The Morgan fingerprint density at radius 2 is 1.68 bits per heavy atom. The van der Waals surface area contributed by atoms with Crippen LogP contribution in [0, 0.1) is 5.92 Å². The Bertz CT molecular complexity index is 460. The number of hydrogen-bond acceptors (Lipinski definition) is 0. The van der Waals surface area contributed by atoms with Gasteiger partial charge in [0.25, 0.3) is 0 Å². The summed E-state index contributed by atoms with van der Waals surface area (Å²) in [5, 5.41) is 2.94. The van der Waals surface area contributed by atoms with Crippen LogP contribution in [0.2, 0.25) is 10.5 Å². The third-order valence-corrected chi connectivity index (χ3v) is 10.7. The Hall–Kier alpha value is 0.966. The van der Waals surface area contributed by atoms with Crippen molar-refractivity contribution in [1.29, 1.82) is 0 Å². The molecule has 0 amide bonds. The molecule has 0 N–H and O–H groups in total. The third-order valence-electron chi connectivity index (χ3n) is 4.21. The largest absolute Gasteiger partial charge is 1.00 e. The zero-order valence-corrected chi connectivity index (χ0v) is 20.8. The first-order chi connectivity index (χ1) is 9.52. The minimum Gasteiger partial charge on any atom is -1.00 e. The van der Waals surface area contributed by atoms with Gasteiger partial charge in [0.05, 0.1) is 0 Å². The maximum absolute atomic E-state index is 2.38. The van der Waals surface area contributed by atoms with E-state index in [0.717, 1.165) is 5.92 Å². The first-order valence-corrected chi connectivity index (χ1v) is 13.2. The number of allylic oxidation sites excluding steroid dienone is 8. The second kappa shape index (κ2) is 13.3. The van der Waals surface area contributed by atoms with E-state index in [9.17, 15) is 0 Å². The third kappa shape index (κ3) is 7.24. The number of hydrogen-bond donors (Lipinski definition) is 0. The summed E-state index contributed by atoms with van der Waals surface area (Å²) < 4.78 is 3.55. The van der Waals surface area contributed by atoms with Gasteiger partial charge < -0.3 is 24.8 Å². The van der Waals surface area contributed by atoms with E-state index in [0.29, 0.717) is 15.4 Å². The summed E-state index contributed by atoms with van der Waals surface area (Å²) in [5.41, 5.74) is 4.78. The molecule has 4 heteroatoms. The second-order valence-electron chi connectivity index (χ2n) is 5.47. The minimum atomic E-state index is -0.456. The van der Waals surface area contributed by atoms with Crippen molar-refractivity contribution >= 4 is 15.4 Å². The molecule has 0 spiro atoms. The Kier molecular flexibility index (Phi) is 15.2. The molecule has 0 aromatic carbocycles. The summed E-state index contributed by atoms with van der Waals surface area (Å²) in [6.07, 6.45) is 8.09. The van der Waals surface area contributed by atoms with Crippen LogP contribution in [0.25, 0.3) is 0 Å². The van der Waals surface area contributed by atoms with Crippen LogP contribution in [-0.4, -0.2) is 15.4 Å². The first-order valence-electron chi connectivity index (χ1n) is 7.74. The van der Waals surface area contributed by atoms with Gasteiger partial charge in [0.1, 0.15) is 0 Å². The molecule has 0 fully saturated rings. The summed E-state index contributed by atoms with van der Waals surface area (Å²) in [6, 6.07) is 0. The van der Waals surface area contributed by atoms with Crippen LogP contribution in [0.3, 0.4) is 0 Å². The van der Waals surface area contributed by atoms with E-state index in [4.69, 9.17) is 0 Å². The SMILES string of the molecule is CC1=C(C)C(C)[C]([Zr+2][C]2=CC=CC2)=C1C.C[CH2][Ge][CH2]C.[Cl-].[Cl-]. The Morgan fingerprint density at radius 1 is 1.09 bits per heavy atom. The first kappa shape index (κ1) is 25.2. The Balaban J connectivity index is 0. The van der Waals surface area contributed by atoms with E-state index >= 15 is 0 Å². The summed E-state index contributed by atoms with van der Waals surface area (Å²) in [7, 11) is 0. The molecular weight excluding hydrogens is 451 g/mol. The Labute approximate surface area is 168 Å². The minimum absolute atomic E-state index is 0. The van der Waals surface area contributed by atoms with Gasteiger partial charge in [0.15, 0.2) is 0 Å². The average Bonchev–Trinajstić information content (AvgIpc) is 3.01. The Morgan fingerprint density at radius 3 is 2.00 bits per heavy atom. The number of rotatable bonds is 4. The van der Waals surface area contributed by atoms with Crippen molar-refractivity contribution in [2.45, 2.75) is 58.5 Å². The topological polar surface area (TPSA) is 0 Å². The molecule has 2 aliphatic carbocycles. The van der Waals surface area contributed by atoms with Crippen molar-refractivity contribution in [3.63, 3.8) is 0 Å². The van der Waals surface area contributed by atoms with Gasteiger partial charge in [-0.2, -0.15) is 0 Å². The van der Waals surface area contributed by atoms with Crippen LogP contribution in [0.1, 0.15) is 48.0 Å². The van der Waals surface area contributed by atoms with Crippen molar-refractivity contribution in [1.82, 2.24) is 0 Å². The van der Waals surface area contributed by atoms with Crippen LogP contribution in [-0.2, 0) is 23.2 Å². The zero-order valence-electron chi connectivity index (χ0n) is 14.7.